The molecule has 4 heteroatoms. The Bertz CT molecular complexity index is 1100. The number of Topliss-reactive ketones (excluding diaryl/α,β-unsaturated/α-hetero) is 2. The molecule has 0 aromatic heterocycles. The van der Waals surface area contributed by atoms with Crippen molar-refractivity contribution in [1.29, 1.82) is 0 Å². The standard InChI is InChI=1S/C29H29NO3/c1-33-26-15-9-8-10-20(26)18-25(32)28-27-23(19-30-28)24(31)16-17-29(27,21-11-4-2-5-12-21)22-13-6-3-7-14-22/h2-15,23,27-28,30H,16-19H2,1H3/t23-,27+,28?/m1/s1. The second kappa shape index (κ2) is 8.95. The molecular formula is C29H29NO3. The molecule has 1 unspecified atom stereocenters. The van der Waals surface area contributed by atoms with E-state index in [1.54, 1.807) is 7.11 Å². The summed E-state index contributed by atoms with van der Waals surface area (Å²) in [5, 5.41) is 3.47. The van der Waals surface area contributed by atoms with Crippen molar-refractivity contribution in [2.45, 2.75) is 30.7 Å². The van der Waals surface area contributed by atoms with Crippen molar-refractivity contribution in [1.82, 2.24) is 5.32 Å². The summed E-state index contributed by atoms with van der Waals surface area (Å²) in [5.41, 5.74) is 2.84. The predicted octanol–water partition coefficient (Wildman–Crippen LogP) is 4.36. The number of benzene rings is 3. The first-order valence-corrected chi connectivity index (χ1v) is 11.7. The molecule has 2 aliphatic rings. The molecule has 4 nitrogen and oxygen atoms in total. The van der Waals surface area contributed by atoms with E-state index >= 15 is 0 Å². The Morgan fingerprint density at radius 3 is 2.18 bits per heavy atom. The van der Waals surface area contributed by atoms with Crippen molar-refractivity contribution in [2.24, 2.45) is 11.8 Å². The van der Waals surface area contributed by atoms with Gasteiger partial charge in [0.1, 0.15) is 11.5 Å². The minimum Gasteiger partial charge on any atom is -0.496 e. The van der Waals surface area contributed by atoms with Gasteiger partial charge in [-0.05, 0) is 23.6 Å². The van der Waals surface area contributed by atoms with Crippen molar-refractivity contribution in [3.8, 4) is 5.75 Å². The Balaban J connectivity index is 1.60. The second-order valence-corrected chi connectivity index (χ2v) is 9.14. The highest BCUT2D eigenvalue weighted by molar-refractivity contribution is 5.91. The van der Waals surface area contributed by atoms with Gasteiger partial charge in [0.05, 0.1) is 13.2 Å². The van der Waals surface area contributed by atoms with E-state index < -0.39 is 11.5 Å². The lowest BCUT2D eigenvalue weighted by molar-refractivity contribution is -0.128. The molecule has 3 aromatic carbocycles. The lowest BCUT2D eigenvalue weighted by Crippen LogP contribution is -2.52. The smallest absolute Gasteiger partial charge is 0.154 e. The minimum absolute atomic E-state index is 0.109. The number of nitrogens with one attached hydrogen (secondary N) is 1. The number of carbonyl (C=O) groups is 2. The summed E-state index contributed by atoms with van der Waals surface area (Å²) < 4.78 is 5.49. The maximum absolute atomic E-state index is 13.8. The molecule has 0 radical (unpaired) electrons. The number of rotatable bonds is 6. The van der Waals surface area contributed by atoms with Crippen molar-refractivity contribution < 1.29 is 14.3 Å². The van der Waals surface area contributed by atoms with Crippen LogP contribution in [-0.2, 0) is 21.4 Å². The van der Waals surface area contributed by atoms with Crippen LogP contribution in [0.1, 0.15) is 29.5 Å². The normalized spacial score (nSPS) is 23.7. The molecule has 0 spiro atoms. The van der Waals surface area contributed by atoms with Gasteiger partial charge in [0.15, 0.2) is 5.78 Å². The van der Waals surface area contributed by atoms with Crippen LogP contribution in [-0.4, -0.2) is 31.3 Å². The van der Waals surface area contributed by atoms with E-state index in [-0.39, 0.29) is 29.8 Å². The van der Waals surface area contributed by atoms with Gasteiger partial charge < -0.3 is 10.1 Å². The Hall–Kier alpha value is -3.24. The van der Waals surface area contributed by atoms with Crippen LogP contribution in [0.2, 0.25) is 0 Å². The Kier molecular flexibility index (Phi) is 5.86. The summed E-state index contributed by atoms with van der Waals surface area (Å²) in [6.45, 7) is 0.549. The van der Waals surface area contributed by atoms with Crippen LogP contribution in [0.3, 0.4) is 0 Å². The van der Waals surface area contributed by atoms with Gasteiger partial charge >= 0.3 is 0 Å². The van der Waals surface area contributed by atoms with E-state index in [9.17, 15) is 9.59 Å². The molecule has 1 aliphatic carbocycles. The van der Waals surface area contributed by atoms with Gasteiger partial charge in [0.25, 0.3) is 0 Å². The summed E-state index contributed by atoms with van der Waals surface area (Å²) in [6.07, 6.45) is 1.51. The van der Waals surface area contributed by atoms with Crippen molar-refractivity contribution in [2.75, 3.05) is 13.7 Å². The van der Waals surface area contributed by atoms with Gasteiger partial charge in [-0.25, -0.2) is 0 Å². The molecule has 168 valence electrons. The second-order valence-electron chi connectivity index (χ2n) is 9.14. The van der Waals surface area contributed by atoms with Crippen molar-refractivity contribution >= 4 is 11.6 Å². The number of hydrogen-bond donors (Lipinski definition) is 1. The van der Waals surface area contributed by atoms with Crippen LogP contribution in [0.5, 0.6) is 5.75 Å². The fourth-order valence-corrected chi connectivity index (χ4v) is 6.13. The van der Waals surface area contributed by atoms with Crippen molar-refractivity contribution in [3.05, 3.63) is 102 Å². The number of para-hydroxylation sites is 1. The fraction of sp³-hybridized carbons (Fsp3) is 0.310. The zero-order chi connectivity index (χ0) is 22.8. The zero-order valence-corrected chi connectivity index (χ0v) is 18.9. The van der Waals surface area contributed by atoms with E-state index in [2.05, 4.69) is 53.8 Å². The number of methoxy groups -OCH3 is 1. The van der Waals surface area contributed by atoms with E-state index in [1.165, 1.54) is 11.1 Å². The Morgan fingerprint density at radius 2 is 1.55 bits per heavy atom. The maximum Gasteiger partial charge on any atom is 0.154 e. The molecule has 0 amide bonds. The first-order chi connectivity index (χ1) is 16.1. The molecule has 1 N–H and O–H groups in total. The van der Waals surface area contributed by atoms with Crippen LogP contribution in [0.25, 0.3) is 0 Å². The molecule has 3 aromatic rings. The third-order valence-corrected chi connectivity index (χ3v) is 7.58. The third-order valence-electron chi connectivity index (χ3n) is 7.58. The summed E-state index contributed by atoms with van der Waals surface area (Å²) >= 11 is 0. The van der Waals surface area contributed by atoms with E-state index in [1.807, 2.05) is 36.4 Å². The number of hydrogen-bond acceptors (Lipinski definition) is 4. The number of carbonyl (C=O) groups excluding carboxylic acids is 2. The highest BCUT2D eigenvalue weighted by atomic mass is 16.5. The topological polar surface area (TPSA) is 55.4 Å². The molecule has 1 saturated heterocycles. The van der Waals surface area contributed by atoms with Crippen LogP contribution >= 0.6 is 0 Å². The maximum atomic E-state index is 13.8. The average Bonchev–Trinajstić information content (AvgIpc) is 3.33. The molecule has 33 heavy (non-hydrogen) atoms. The highest BCUT2D eigenvalue weighted by Crippen LogP contribution is 2.53. The lowest BCUT2D eigenvalue weighted by Gasteiger charge is -2.47. The Morgan fingerprint density at radius 1 is 0.939 bits per heavy atom. The molecule has 0 bridgehead atoms. The average molecular weight is 440 g/mol. The van der Waals surface area contributed by atoms with Gasteiger partial charge in [-0.2, -0.15) is 0 Å². The predicted molar refractivity (Wildman–Crippen MR) is 128 cm³/mol. The molecule has 1 aliphatic heterocycles. The van der Waals surface area contributed by atoms with Crippen LogP contribution < -0.4 is 10.1 Å². The van der Waals surface area contributed by atoms with E-state index in [0.29, 0.717) is 19.4 Å². The first-order valence-electron chi connectivity index (χ1n) is 11.7. The molecule has 1 heterocycles. The van der Waals surface area contributed by atoms with Gasteiger partial charge in [-0.15, -0.1) is 0 Å². The number of ether oxygens (including phenoxy) is 1. The lowest BCUT2D eigenvalue weighted by atomic mass is 9.54. The molecule has 3 atom stereocenters. The van der Waals surface area contributed by atoms with Gasteiger partial charge in [-0.3, -0.25) is 9.59 Å². The summed E-state index contributed by atoms with van der Waals surface area (Å²) in [6, 6.07) is 28.1. The van der Waals surface area contributed by atoms with Crippen LogP contribution in [0, 0.1) is 11.8 Å². The largest absolute Gasteiger partial charge is 0.496 e. The van der Waals surface area contributed by atoms with Gasteiger partial charge in [0, 0.05) is 42.2 Å². The van der Waals surface area contributed by atoms with E-state index in [0.717, 1.165) is 11.3 Å². The Labute approximate surface area is 195 Å². The van der Waals surface area contributed by atoms with Crippen LogP contribution in [0.15, 0.2) is 84.9 Å². The van der Waals surface area contributed by atoms with Crippen molar-refractivity contribution in [3.63, 3.8) is 0 Å². The number of ketones is 2. The molecule has 2 fully saturated rings. The molecule has 5 rings (SSSR count). The molecule has 1 saturated carbocycles. The zero-order valence-electron chi connectivity index (χ0n) is 18.9. The fourth-order valence-electron chi connectivity index (χ4n) is 6.13. The van der Waals surface area contributed by atoms with Gasteiger partial charge in [-0.1, -0.05) is 78.9 Å². The van der Waals surface area contributed by atoms with E-state index in [4.69, 9.17) is 4.74 Å². The summed E-state index contributed by atoms with van der Waals surface area (Å²) in [7, 11) is 1.63. The highest BCUT2D eigenvalue weighted by Gasteiger charge is 2.57. The SMILES string of the molecule is COc1ccccc1CC(=O)C1NC[C@@H]2C(=O)CCC(c3ccccc3)(c3ccccc3)[C@H]12. The number of fused-ring (bicyclic) bond motifs is 1. The van der Waals surface area contributed by atoms with Gasteiger partial charge in [0.2, 0.25) is 0 Å². The summed E-state index contributed by atoms with van der Waals surface area (Å²) in [4.78, 5) is 26.8. The third kappa shape index (κ3) is 3.68. The first kappa shape index (κ1) is 21.6. The quantitative estimate of drug-likeness (QED) is 0.620. The monoisotopic (exact) mass is 439 g/mol. The van der Waals surface area contributed by atoms with Crippen LogP contribution in [0.4, 0.5) is 0 Å². The minimum atomic E-state index is -0.399. The summed E-state index contributed by atoms with van der Waals surface area (Å²) in [5.74, 6) is 0.787. The molecular weight excluding hydrogens is 410 g/mol.